The van der Waals surface area contributed by atoms with Crippen LogP contribution < -0.4 is 19.8 Å². The third kappa shape index (κ3) is 4.06. The summed E-state index contributed by atoms with van der Waals surface area (Å²) < 4.78 is 21.5. The lowest BCUT2D eigenvalue weighted by Crippen LogP contribution is -2.17. The van der Waals surface area contributed by atoms with E-state index in [9.17, 15) is 9.59 Å². The van der Waals surface area contributed by atoms with Crippen LogP contribution in [0.1, 0.15) is 6.92 Å². The Labute approximate surface area is 166 Å². The second kappa shape index (κ2) is 8.06. The molecule has 0 atom stereocenters. The molecule has 1 aromatic heterocycles. The van der Waals surface area contributed by atoms with Crippen LogP contribution in [-0.2, 0) is 4.79 Å². The van der Waals surface area contributed by atoms with Crippen molar-refractivity contribution in [3.05, 3.63) is 77.2 Å². The molecule has 4 rings (SSSR count). The summed E-state index contributed by atoms with van der Waals surface area (Å²) in [5, 5.41) is 2.06. The second-order valence-corrected chi connectivity index (χ2v) is 6.26. The first-order valence-corrected chi connectivity index (χ1v) is 9.16. The van der Waals surface area contributed by atoms with Crippen molar-refractivity contribution in [2.75, 3.05) is 13.2 Å². The normalized spacial score (nSPS) is 10.8. The monoisotopic (exact) mass is 390 g/mol. The van der Waals surface area contributed by atoms with Crippen molar-refractivity contribution in [3.8, 4) is 17.2 Å². The Bertz CT molecular complexity index is 1220. The summed E-state index contributed by atoms with van der Waals surface area (Å²) >= 11 is 0. The number of hydrogen-bond donors (Lipinski definition) is 0. The van der Waals surface area contributed by atoms with E-state index in [0.717, 1.165) is 16.5 Å². The maximum Gasteiger partial charge on any atom is 0.349 e. The minimum Gasteiger partial charge on any atom is -0.494 e. The SMILES string of the molecule is CCOc1ccc(OCC(=O)Oc2ccc3c(c2)oc(=O)c2ccccc23)cc1. The highest BCUT2D eigenvalue weighted by atomic mass is 16.6. The number of hydrogen-bond acceptors (Lipinski definition) is 6. The van der Waals surface area contributed by atoms with Gasteiger partial charge < -0.3 is 18.6 Å². The topological polar surface area (TPSA) is 75.0 Å². The molecular weight excluding hydrogens is 372 g/mol. The van der Waals surface area contributed by atoms with Crippen molar-refractivity contribution in [3.63, 3.8) is 0 Å². The minimum atomic E-state index is -0.568. The lowest BCUT2D eigenvalue weighted by molar-refractivity contribution is -0.136. The van der Waals surface area contributed by atoms with Crippen LogP contribution in [0.4, 0.5) is 0 Å². The Hall–Kier alpha value is -3.80. The second-order valence-electron chi connectivity index (χ2n) is 6.26. The Morgan fingerprint density at radius 1 is 0.828 bits per heavy atom. The van der Waals surface area contributed by atoms with Gasteiger partial charge in [-0.3, -0.25) is 0 Å². The smallest absolute Gasteiger partial charge is 0.349 e. The van der Waals surface area contributed by atoms with E-state index in [1.54, 1.807) is 48.5 Å². The van der Waals surface area contributed by atoms with Crippen LogP contribution >= 0.6 is 0 Å². The molecule has 6 heteroatoms. The summed E-state index contributed by atoms with van der Waals surface area (Å²) in [6.07, 6.45) is 0. The zero-order chi connectivity index (χ0) is 20.2. The predicted molar refractivity (Wildman–Crippen MR) is 109 cm³/mol. The van der Waals surface area contributed by atoms with Crippen LogP contribution in [0.25, 0.3) is 21.7 Å². The fourth-order valence-electron chi connectivity index (χ4n) is 3.03. The molecule has 0 unspecified atom stereocenters. The van der Waals surface area contributed by atoms with E-state index in [4.69, 9.17) is 18.6 Å². The van der Waals surface area contributed by atoms with Crippen LogP contribution in [0.2, 0.25) is 0 Å². The third-order valence-corrected chi connectivity index (χ3v) is 4.32. The number of carbonyl (C=O) groups excluding carboxylic acids is 1. The number of fused-ring (bicyclic) bond motifs is 3. The van der Waals surface area contributed by atoms with Crippen molar-refractivity contribution in [1.29, 1.82) is 0 Å². The molecule has 29 heavy (non-hydrogen) atoms. The number of carbonyl (C=O) groups is 1. The van der Waals surface area contributed by atoms with Gasteiger partial charge in [0.25, 0.3) is 0 Å². The van der Waals surface area contributed by atoms with Crippen molar-refractivity contribution >= 4 is 27.7 Å². The molecule has 0 aliphatic heterocycles. The standard InChI is InChI=1S/C23H18O6/c1-2-26-15-7-9-16(10-8-15)27-14-22(24)28-17-11-12-19-18-5-3-4-6-20(18)23(25)29-21(19)13-17/h3-13H,2,14H2,1H3. The zero-order valence-electron chi connectivity index (χ0n) is 15.7. The van der Waals surface area contributed by atoms with Crippen LogP contribution in [0.5, 0.6) is 17.2 Å². The Balaban J connectivity index is 1.46. The van der Waals surface area contributed by atoms with E-state index in [2.05, 4.69) is 0 Å². The molecule has 4 aromatic rings. The summed E-state index contributed by atoms with van der Waals surface area (Å²) in [7, 11) is 0. The summed E-state index contributed by atoms with van der Waals surface area (Å²) in [6.45, 7) is 2.22. The van der Waals surface area contributed by atoms with Crippen molar-refractivity contribution in [2.24, 2.45) is 0 Å². The molecule has 0 saturated carbocycles. The maximum atomic E-state index is 12.1. The molecule has 0 amide bonds. The van der Waals surface area contributed by atoms with Crippen molar-refractivity contribution < 1.29 is 23.4 Å². The lowest BCUT2D eigenvalue weighted by Gasteiger charge is -2.09. The molecule has 0 radical (unpaired) electrons. The Morgan fingerprint density at radius 2 is 1.48 bits per heavy atom. The van der Waals surface area contributed by atoms with E-state index in [1.165, 1.54) is 6.07 Å². The van der Waals surface area contributed by atoms with E-state index < -0.39 is 11.6 Å². The zero-order valence-corrected chi connectivity index (χ0v) is 15.7. The number of benzene rings is 3. The van der Waals surface area contributed by atoms with Crippen LogP contribution in [0.15, 0.2) is 75.9 Å². The van der Waals surface area contributed by atoms with Crippen molar-refractivity contribution in [2.45, 2.75) is 6.92 Å². The van der Waals surface area contributed by atoms with Gasteiger partial charge in [0.05, 0.1) is 12.0 Å². The van der Waals surface area contributed by atoms with Gasteiger partial charge in [-0.05, 0) is 54.8 Å². The quantitative estimate of drug-likeness (QED) is 0.211. The van der Waals surface area contributed by atoms with Gasteiger partial charge in [0, 0.05) is 11.5 Å². The summed E-state index contributed by atoms with van der Waals surface area (Å²) in [6, 6.07) is 19.1. The number of esters is 1. The first-order chi connectivity index (χ1) is 14.1. The molecule has 146 valence electrons. The summed E-state index contributed by atoms with van der Waals surface area (Å²) in [5.41, 5.74) is -0.0816. The molecule has 0 aliphatic rings. The van der Waals surface area contributed by atoms with Gasteiger partial charge in [0.1, 0.15) is 22.8 Å². The van der Waals surface area contributed by atoms with E-state index >= 15 is 0 Å². The molecule has 0 fully saturated rings. The molecule has 1 heterocycles. The summed E-state index contributed by atoms with van der Waals surface area (Å²) in [5.74, 6) is 0.964. The van der Waals surface area contributed by atoms with E-state index in [0.29, 0.717) is 23.3 Å². The molecule has 0 N–H and O–H groups in total. The van der Waals surface area contributed by atoms with Crippen LogP contribution in [-0.4, -0.2) is 19.2 Å². The molecule has 0 aliphatic carbocycles. The number of ether oxygens (including phenoxy) is 3. The molecule has 0 bridgehead atoms. The van der Waals surface area contributed by atoms with E-state index in [-0.39, 0.29) is 12.4 Å². The van der Waals surface area contributed by atoms with Gasteiger partial charge in [-0.15, -0.1) is 0 Å². The minimum absolute atomic E-state index is 0.256. The number of rotatable bonds is 6. The molecule has 0 spiro atoms. The Kier molecular flexibility index (Phi) is 5.16. The van der Waals surface area contributed by atoms with Crippen molar-refractivity contribution in [1.82, 2.24) is 0 Å². The van der Waals surface area contributed by atoms with Gasteiger partial charge in [-0.2, -0.15) is 0 Å². The van der Waals surface area contributed by atoms with Crippen LogP contribution in [0.3, 0.4) is 0 Å². The van der Waals surface area contributed by atoms with Gasteiger partial charge >= 0.3 is 11.6 Å². The van der Waals surface area contributed by atoms with Gasteiger partial charge in [-0.25, -0.2) is 9.59 Å². The molecular formula is C23H18O6. The maximum absolute atomic E-state index is 12.1. The van der Waals surface area contributed by atoms with E-state index in [1.807, 2.05) is 19.1 Å². The fraction of sp³-hybridized carbons (Fsp3) is 0.130. The summed E-state index contributed by atoms with van der Waals surface area (Å²) in [4.78, 5) is 24.3. The lowest BCUT2D eigenvalue weighted by atomic mass is 10.1. The van der Waals surface area contributed by atoms with Gasteiger partial charge in [0.2, 0.25) is 0 Å². The highest BCUT2D eigenvalue weighted by Gasteiger charge is 2.11. The first-order valence-electron chi connectivity index (χ1n) is 9.16. The van der Waals surface area contributed by atoms with Gasteiger partial charge in [-0.1, -0.05) is 18.2 Å². The molecule has 3 aromatic carbocycles. The highest BCUT2D eigenvalue weighted by Crippen LogP contribution is 2.26. The molecule has 0 saturated heterocycles. The highest BCUT2D eigenvalue weighted by molar-refractivity contribution is 6.04. The predicted octanol–water partition coefficient (Wildman–Crippen LogP) is 4.33. The fourth-order valence-corrected chi connectivity index (χ4v) is 3.03. The average molecular weight is 390 g/mol. The Morgan fingerprint density at radius 3 is 2.21 bits per heavy atom. The van der Waals surface area contributed by atoms with Gasteiger partial charge in [0.15, 0.2) is 6.61 Å². The molecule has 6 nitrogen and oxygen atoms in total. The first kappa shape index (κ1) is 18.6. The third-order valence-electron chi connectivity index (χ3n) is 4.32. The largest absolute Gasteiger partial charge is 0.494 e. The average Bonchev–Trinajstić information content (AvgIpc) is 2.73. The van der Waals surface area contributed by atoms with Crippen LogP contribution in [0, 0.1) is 0 Å².